The van der Waals surface area contributed by atoms with Crippen LogP contribution in [0.4, 0.5) is 0 Å². The first-order chi connectivity index (χ1) is 7.46. The second kappa shape index (κ2) is 4.02. The molecule has 0 aromatic heterocycles. The van der Waals surface area contributed by atoms with Crippen LogP contribution < -0.4 is 0 Å². The van der Waals surface area contributed by atoms with E-state index >= 15 is 0 Å². The van der Waals surface area contributed by atoms with E-state index in [0.29, 0.717) is 5.92 Å². The smallest absolute Gasteiger partial charge is 0.309 e. The van der Waals surface area contributed by atoms with Crippen LogP contribution in [0, 0.1) is 16.7 Å². The van der Waals surface area contributed by atoms with E-state index in [2.05, 4.69) is 0 Å². The molecule has 0 radical (unpaired) electrons. The molecule has 1 N–H and O–H groups in total. The molecule has 0 amide bonds. The van der Waals surface area contributed by atoms with Gasteiger partial charge in [-0.05, 0) is 39.0 Å². The van der Waals surface area contributed by atoms with Gasteiger partial charge in [0.2, 0.25) is 0 Å². The summed E-state index contributed by atoms with van der Waals surface area (Å²) >= 11 is 0. The van der Waals surface area contributed by atoms with E-state index < -0.39 is 11.4 Å². The molecule has 3 nitrogen and oxygen atoms in total. The predicted molar refractivity (Wildman–Crippen MR) is 61.2 cm³/mol. The molecule has 0 spiro atoms. The summed E-state index contributed by atoms with van der Waals surface area (Å²) < 4.78 is 5.38. The number of carboxylic acids is 1. The maximum atomic E-state index is 11.2. The molecule has 0 atom stereocenters. The minimum atomic E-state index is -0.684. The quantitative estimate of drug-likeness (QED) is 0.801. The molecule has 16 heavy (non-hydrogen) atoms. The van der Waals surface area contributed by atoms with Gasteiger partial charge in [0.1, 0.15) is 0 Å². The number of hydrogen-bond acceptors (Lipinski definition) is 2. The molecule has 0 unspecified atom stereocenters. The Morgan fingerprint density at radius 2 is 1.94 bits per heavy atom. The molecule has 2 aliphatic rings. The monoisotopic (exact) mass is 226 g/mol. The second-order valence-corrected chi connectivity index (χ2v) is 6.20. The van der Waals surface area contributed by atoms with Gasteiger partial charge in [0.05, 0.1) is 18.6 Å². The SMILES string of the molecule is CC(C)(CC1(C2CCCC2)COC1)C(=O)O. The zero-order chi connectivity index (χ0) is 11.8. The molecule has 1 saturated heterocycles. The minimum Gasteiger partial charge on any atom is -0.481 e. The molecule has 92 valence electrons. The Morgan fingerprint density at radius 1 is 1.38 bits per heavy atom. The fourth-order valence-electron chi connectivity index (χ4n) is 3.34. The van der Waals surface area contributed by atoms with Crippen LogP contribution in [0.15, 0.2) is 0 Å². The zero-order valence-electron chi connectivity index (χ0n) is 10.3. The van der Waals surface area contributed by atoms with Crippen LogP contribution in [0.2, 0.25) is 0 Å². The van der Waals surface area contributed by atoms with Gasteiger partial charge in [-0.15, -0.1) is 0 Å². The Bertz CT molecular complexity index is 273. The van der Waals surface area contributed by atoms with Crippen molar-refractivity contribution < 1.29 is 14.6 Å². The lowest BCUT2D eigenvalue weighted by Crippen LogP contribution is -2.51. The number of aliphatic carboxylic acids is 1. The minimum absolute atomic E-state index is 0.165. The third-order valence-corrected chi connectivity index (χ3v) is 4.37. The fourth-order valence-corrected chi connectivity index (χ4v) is 3.34. The van der Waals surface area contributed by atoms with Gasteiger partial charge in [0, 0.05) is 5.41 Å². The Balaban J connectivity index is 2.07. The van der Waals surface area contributed by atoms with Gasteiger partial charge >= 0.3 is 5.97 Å². The summed E-state index contributed by atoms with van der Waals surface area (Å²) in [5.41, 5.74) is -0.454. The lowest BCUT2D eigenvalue weighted by atomic mass is 9.64. The van der Waals surface area contributed by atoms with E-state index in [-0.39, 0.29) is 5.41 Å². The molecule has 3 heteroatoms. The van der Waals surface area contributed by atoms with Crippen LogP contribution in [-0.4, -0.2) is 24.3 Å². The first-order valence-electron chi connectivity index (χ1n) is 6.27. The van der Waals surface area contributed by atoms with Crippen LogP contribution in [0.1, 0.15) is 46.0 Å². The average Bonchev–Trinajstić information content (AvgIpc) is 2.64. The van der Waals surface area contributed by atoms with Gasteiger partial charge in [-0.2, -0.15) is 0 Å². The molecule has 2 rings (SSSR count). The largest absolute Gasteiger partial charge is 0.481 e. The molecular formula is C13H22O3. The van der Waals surface area contributed by atoms with Gasteiger partial charge in [-0.1, -0.05) is 12.8 Å². The molecule has 1 saturated carbocycles. The Morgan fingerprint density at radius 3 is 2.31 bits per heavy atom. The van der Waals surface area contributed by atoms with Crippen molar-refractivity contribution in [3.05, 3.63) is 0 Å². The van der Waals surface area contributed by atoms with E-state index in [9.17, 15) is 9.90 Å². The molecule has 1 aliphatic carbocycles. The lowest BCUT2D eigenvalue weighted by molar-refractivity contribution is -0.175. The van der Waals surface area contributed by atoms with Gasteiger partial charge in [-0.3, -0.25) is 4.79 Å². The Hall–Kier alpha value is -0.570. The van der Waals surface area contributed by atoms with Gasteiger partial charge in [0.15, 0.2) is 0 Å². The van der Waals surface area contributed by atoms with E-state index in [1.54, 1.807) is 0 Å². The van der Waals surface area contributed by atoms with Crippen LogP contribution in [-0.2, 0) is 9.53 Å². The van der Waals surface area contributed by atoms with Crippen molar-refractivity contribution in [3.63, 3.8) is 0 Å². The molecule has 0 aromatic carbocycles. The van der Waals surface area contributed by atoms with Crippen LogP contribution in [0.3, 0.4) is 0 Å². The zero-order valence-corrected chi connectivity index (χ0v) is 10.3. The van der Waals surface area contributed by atoms with E-state index in [4.69, 9.17) is 4.74 Å². The summed E-state index contributed by atoms with van der Waals surface area (Å²) in [4.78, 5) is 11.2. The predicted octanol–water partition coefficient (Wildman–Crippen LogP) is 2.69. The standard InChI is InChI=1S/C13H22O3/c1-12(2,11(14)15)7-13(8-16-9-13)10-5-3-4-6-10/h10H,3-9H2,1-2H3,(H,14,15). The van der Waals surface area contributed by atoms with Gasteiger partial charge in [0.25, 0.3) is 0 Å². The molecule has 0 aromatic rings. The molecule has 2 fully saturated rings. The number of carboxylic acid groups (broad SMARTS) is 1. The Labute approximate surface area is 97.2 Å². The van der Waals surface area contributed by atoms with Crippen molar-refractivity contribution in [1.29, 1.82) is 0 Å². The van der Waals surface area contributed by atoms with E-state index in [0.717, 1.165) is 19.6 Å². The summed E-state index contributed by atoms with van der Waals surface area (Å²) in [6, 6.07) is 0. The maximum absolute atomic E-state index is 11.2. The lowest BCUT2D eigenvalue weighted by Gasteiger charge is -2.49. The molecule has 0 bridgehead atoms. The first kappa shape index (κ1) is 11.9. The number of carbonyl (C=O) groups is 1. The van der Waals surface area contributed by atoms with Crippen molar-refractivity contribution in [2.75, 3.05) is 13.2 Å². The van der Waals surface area contributed by atoms with Crippen LogP contribution in [0.25, 0.3) is 0 Å². The molecule has 1 aliphatic heterocycles. The van der Waals surface area contributed by atoms with Crippen molar-refractivity contribution in [2.45, 2.75) is 46.0 Å². The van der Waals surface area contributed by atoms with E-state index in [1.165, 1.54) is 25.7 Å². The normalized spacial score (nSPS) is 25.4. The fraction of sp³-hybridized carbons (Fsp3) is 0.923. The van der Waals surface area contributed by atoms with Crippen molar-refractivity contribution in [3.8, 4) is 0 Å². The second-order valence-electron chi connectivity index (χ2n) is 6.20. The molecule has 1 heterocycles. The van der Waals surface area contributed by atoms with Crippen molar-refractivity contribution in [2.24, 2.45) is 16.7 Å². The average molecular weight is 226 g/mol. The highest BCUT2D eigenvalue weighted by Gasteiger charge is 2.50. The number of rotatable bonds is 4. The van der Waals surface area contributed by atoms with Crippen molar-refractivity contribution in [1.82, 2.24) is 0 Å². The van der Waals surface area contributed by atoms with Crippen molar-refractivity contribution >= 4 is 5.97 Å². The van der Waals surface area contributed by atoms with Crippen LogP contribution in [0.5, 0.6) is 0 Å². The maximum Gasteiger partial charge on any atom is 0.309 e. The summed E-state index contributed by atoms with van der Waals surface area (Å²) in [6.07, 6.45) is 5.90. The third-order valence-electron chi connectivity index (χ3n) is 4.37. The summed E-state index contributed by atoms with van der Waals surface area (Å²) in [7, 11) is 0. The molecular weight excluding hydrogens is 204 g/mol. The topological polar surface area (TPSA) is 46.5 Å². The number of hydrogen-bond donors (Lipinski definition) is 1. The van der Waals surface area contributed by atoms with Gasteiger partial charge < -0.3 is 9.84 Å². The highest BCUT2D eigenvalue weighted by molar-refractivity contribution is 5.73. The number of ether oxygens (including phenoxy) is 1. The highest BCUT2D eigenvalue weighted by atomic mass is 16.5. The van der Waals surface area contributed by atoms with Gasteiger partial charge in [-0.25, -0.2) is 0 Å². The van der Waals surface area contributed by atoms with Crippen LogP contribution >= 0.6 is 0 Å². The first-order valence-corrected chi connectivity index (χ1v) is 6.27. The Kier molecular flexibility index (Phi) is 2.99. The van der Waals surface area contributed by atoms with E-state index in [1.807, 2.05) is 13.8 Å². The highest BCUT2D eigenvalue weighted by Crippen LogP contribution is 2.51. The summed E-state index contributed by atoms with van der Waals surface area (Å²) in [5, 5.41) is 9.23. The summed E-state index contributed by atoms with van der Waals surface area (Å²) in [5.74, 6) is 0.0108. The third kappa shape index (κ3) is 1.97. The summed E-state index contributed by atoms with van der Waals surface area (Å²) in [6.45, 7) is 5.22.